The van der Waals surface area contributed by atoms with Crippen molar-refractivity contribution >= 4 is 8.32 Å². The third-order valence-electron chi connectivity index (χ3n) is 2.62. The molecule has 0 aliphatic heterocycles. The average molecular weight is 312 g/mol. The molecule has 1 aromatic rings. The zero-order chi connectivity index (χ0) is 15.4. The molecule has 0 aliphatic carbocycles. The summed E-state index contributed by atoms with van der Waals surface area (Å²) >= 11 is 0. The summed E-state index contributed by atoms with van der Waals surface area (Å²) in [6, 6.07) is 10.1. The summed E-state index contributed by atoms with van der Waals surface area (Å²) in [5.74, 6) is 0. The first-order valence-corrected chi connectivity index (χ1v) is 10.9. The Hall–Kier alpha value is -0.723. The number of hydrogen-bond acceptors (Lipinski definition) is 4. The van der Waals surface area contributed by atoms with E-state index < -0.39 is 8.32 Å². The lowest BCUT2D eigenvalue weighted by Crippen LogP contribution is -2.27. The summed E-state index contributed by atoms with van der Waals surface area (Å²) in [6.07, 6.45) is 0. The van der Waals surface area contributed by atoms with Crippen molar-refractivity contribution in [1.29, 1.82) is 0 Å². The molecule has 0 spiro atoms. The van der Waals surface area contributed by atoms with Crippen molar-refractivity contribution in [2.45, 2.75) is 26.2 Å². The molecule has 0 saturated heterocycles. The van der Waals surface area contributed by atoms with Gasteiger partial charge in [-0.25, -0.2) is 0 Å². The molecule has 0 atom stereocenters. The van der Waals surface area contributed by atoms with Gasteiger partial charge >= 0.3 is 0 Å². The van der Waals surface area contributed by atoms with Gasteiger partial charge in [0.05, 0.1) is 46.2 Å². The van der Waals surface area contributed by atoms with Crippen LogP contribution in [0.2, 0.25) is 19.6 Å². The molecule has 0 fully saturated rings. The van der Waals surface area contributed by atoms with E-state index >= 15 is 0 Å². The Balaban J connectivity index is 1.81. The lowest BCUT2D eigenvalue weighted by molar-refractivity contribution is 0.00557. The van der Waals surface area contributed by atoms with Gasteiger partial charge in [-0.15, -0.1) is 0 Å². The maximum Gasteiger partial charge on any atom is 0.183 e. The first-order valence-electron chi connectivity index (χ1n) is 7.49. The predicted octanol–water partition coefficient (Wildman–Crippen LogP) is 3.09. The van der Waals surface area contributed by atoms with Crippen LogP contribution in [0.5, 0.6) is 0 Å². The molecule has 5 heteroatoms. The monoisotopic (exact) mass is 312 g/mol. The van der Waals surface area contributed by atoms with Gasteiger partial charge in [-0.05, 0) is 25.2 Å². The van der Waals surface area contributed by atoms with Crippen LogP contribution in [0.4, 0.5) is 0 Å². The number of hydrogen-bond donors (Lipinski definition) is 0. The van der Waals surface area contributed by atoms with Crippen LogP contribution < -0.4 is 0 Å². The second-order valence-corrected chi connectivity index (χ2v) is 10.2. The Morgan fingerprint density at radius 1 is 0.714 bits per heavy atom. The molecule has 1 aromatic carbocycles. The van der Waals surface area contributed by atoms with Crippen LogP contribution in [-0.4, -0.2) is 48.0 Å². The highest BCUT2D eigenvalue weighted by Crippen LogP contribution is 2.01. The van der Waals surface area contributed by atoms with Crippen LogP contribution in [0.1, 0.15) is 5.56 Å². The van der Waals surface area contributed by atoms with Crippen molar-refractivity contribution in [2.24, 2.45) is 0 Å². The van der Waals surface area contributed by atoms with Gasteiger partial charge in [0.15, 0.2) is 8.32 Å². The van der Waals surface area contributed by atoms with Crippen molar-refractivity contribution in [2.75, 3.05) is 39.6 Å². The number of ether oxygens (including phenoxy) is 3. The van der Waals surface area contributed by atoms with Crippen LogP contribution in [-0.2, 0) is 25.2 Å². The maximum atomic E-state index is 5.68. The lowest BCUT2D eigenvalue weighted by atomic mass is 10.2. The highest BCUT2D eigenvalue weighted by molar-refractivity contribution is 6.69. The van der Waals surface area contributed by atoms with Crippen LogP contribution in [0.25, 0.3) is 0 Å². The zero-order valence-corrected chi connectivity index (χ0v) is 14.5. The van der Waals surface area contributed by atoms with E-state index in [0.29, 0.717) is 46.2 Å². The molecule has 0 aromatic heterocycles. The van der Waals surface area contributed by atoms with E-state index in [0.717, 1.165) is 0 Å². The van der Waals surface area contributed by atoms with E-state index in [1.54, 1.807) is 0 Å². The fourth-order valence-corrected chi connectivity index (χ4v) is 2.31. The summed E-state index contributed by atoms with van der Waals surface area (Å²) in [5.41, 5.74) is 1.18. The van der Waals surface area contributed by atoms with Crippen molar-refractivity contribution < 1.29 is 18.6 Å². The average Bonchev–Trinajstić information content (AvgIpc) is 2.44. The topological polar surface area (TPSA) is 36.9 Å². The second-order valence-electron chi connectivity index (χ2n) is 5.72. The molecule has 0 heterocycles. The molecule has 0 bridgehead atoms. The Kier molecular flexibility index (Phi) is 9.53. The zero-order valence-electron chi connectivity index (χ0n) is 13.5. The molecular formula is C16H28O4Si. The van der Waals surface area contributed by atoms with Gasteiger partial charge in [0, 0.05) is 0 Å². The Morgan fingerprint density at radius 2 is 1.24 bits per heavy atom. The molecule has 0 aliphatic rings. The van der Waals surface area contributed by atoms with Crippen molar-refractivity contribution in [1.82, 2.24) is 0 Å². The third-order valence-corrected chi connectivity index (χ3v) is 3.69. The fourth-order valence-electron chi connectivity index (χ4n) is 1.61. The lowest BCUT2D eigenvalue weighted by Gasteiger charge is -2.16. The van der Waals surface area contributed by atoms with Gasteiger partial charge in [-0.1, -0.05) is 30.3 Å². The van der Waals surface area contributed by atoms with E-state index in [1.807, 2.05) is 18.2 Å². The minimum atomic E-state index is -1.40. The van der Waals surface area contributed by atoms with E-state index in [4.69, 9.17) is 18.6 Å². The molecule has 0 N–H and O–H groups in total. The van der Waals surface area contributed by atoms with E-state index in [1.165, 1.54) is 5.56 Å². The summed E-state index contributed by atoms with van der Waals surface area (Å²) in [5, 5.41) is 0. The summed E-state index contributed by atoms with van der Waals surface area (Å²) in [7, 11) is -1.40. The first kappa shape index (κ1) is 18.3. The van der Waals surface area contributed by atoms with Crippen LogP contribution in [0, 0.1) is 0 Å². The summed E-state index contributed by atoms with van der Waals surface area (Å²) in [4.78, 5) is 0. The van der Waals surface area contributed by atoms with E-state index in [9.17, 15) is 0 Å². The van der Waals surface area contributed by atoms with Gasteiger partial charge in [-0.2, -0.15) is 0 Å². The largest absolute Gasteiger partial charge is 0.415 e. The third kappa shape index (κ3) is 11.6. The Morgan fingerprint density at radius 3 is 1.81 bits per heavy atom. The van der Waals surface area contributed by atoms with Gasteiger partial charge in [0.2, 0.25) is 0 Å². The molecule has 0 amide bonds. The second kappa shape index (κ2) is 10.9. The Bertz CT molecular complexity index is 351. The molecule has 120 valence electrons. The Labute approximate surface area is 129 Å². The summed E-state index contributed by atoms with van der Waals surface area (Å²) in [6.45, 7) is 10.9. The van der Waals surface area contributed by atoms with Crippen molar-refractivity contribution in [3.8, 4) is 0 Å². The van der Waals surface area contributed by atoms with Gasteiger partial charge in [0.25, 0.3) is 0 Å². The van der Waals surface area contributed by atoms with Crippen LogP contribution >= 0.6 is 0 Å². The van der Waals surface area contributed by atoms with Gasteiger partial charge in [0.1, 0.15) is 0 Å². The highest BCUT2D eigenvalue weighted by atomic mass is 28.4. The van der Waals surface area contributed by atoms with Gasteiger partial charge < -0.3 is 18.6 Å². The SMILES string of the molecule is C[Si](C)(C)OCCOCCOCCOCc1ccccc1. The minimum absolute atomic E-state index is 0.599. The van der Waals surface area contributed by atoms with Crippen LogP contribution in [0.3, 0.4) is 0 Å². The smallest absolute Gasteiger partial charge is 0.183 e. The molecule has 4 nitrogen and oxygen atoms in total. The molecule has 0 radical (unpaired) electrons. The van der Waals surface area contributed by atoms with E-state index in [2.05, 4.69) is 31.8 Å². The molecule has 0 unspecified atom stereocenters. The van der Waals surface area contributed by atoms with Crippen LogP contribution in [0.15, 0.2) is 30.3 Å². The van der Waals surface area contributed by atoms with E-state index in [-0.39, 0.29) is 0 Å². The number of benzene rings is 1. The molecular weight excluding hydrogens is 284 g/mol. The van der Waals surface area contributed by atoms with Crippen molar-refractivity contribution in [3.05, 3.63) is 35.9 Å². The van der Waals surface area contributed by atoms with Gasteiger partial charge in [-0.3, -0.25) is 0 Å². The number of rotatable bonds is 12. The van der Waals surface area contributed by atoms with Crippen molar-refractivity contribution in [3.63, 3.8) is 0 Å². The molecule has 1 rings (SSSR count). The normalized spacial score (nSPS) is 11.8. The standard InChI is InChI=1S/C16H28O4Si/c1-21(2,3)20-14-13-18-10-9-17-11-12-19-15-16-7-5-4-6-8-16/h4-8H,9-15H2,1-3H3. The fraction of sp³-hybridized carbons (Fsp3) is 0.625. The molecule has 0 saturated carbocycles. The highest BCUT2D eigenvalue weighted by Gasteiger charge is 2.12. The minimum Gasteiger partial charge on any atom is -0.415 e. The summed E-state index contributed by atoms with van der Waals surface area (Å²) < 4.78 is 22.1. The quantitative estimate of drug-likeness (QED) is 0.439. The predicted molar refractivity (Wildman–Crippen MR) is 87.0 cm³/mol. The maximum absolute atomic E-state index is 5.68. The first-order chi connectivity index (χ1) is 10.1. The molecule has 21 heavy (non-hydrogen) atoms.